The van der Waals surface area contributed by atoms with E-state index in [2.05, 4.69) is 21.1 Å². The fourth-order valence-electron chi connectivity index (χ4n) is 6.47. The normalized spacial score (nSPS) is 13.4. The van der Waals surface area contributed by atoms with Crippen LogP contribution in [0.25, 0.3) is 21.5 Å². The summed E-state index contributed by atoms with van der Waals surface area (Å²) in [4.78, 5) is 53.3. The van der Waals surface area contributed by atoms with Gasteiger partial charge in [0.15, 0.2) is 0 Å². The maximum atomic E-state index is 13.6. The summed E-state index contributed by atoms with van der Waals surface area (Å²) in [5.41, 5.74) is 7.31. The number of fused-ring (bicyclic) bond motifs is 2. The molecule has 0 spiro atoms. The van der Waals surface area contributed by atoms with E-state index in [0.29, 0.717) is 41.5 Å². The molecule has 10 heteroatoms. The quantitative estimate of drug-likeness (QED) is 0.0488. The topological polar surface area (TPSA) is 136 Å². The predicted molar refractivity (Wildman–Crippen MR) is 208 cm³/mol. The lowest BCUT2D eigenvalue weighted by molar-refractivity contribution is -0.149. The van der Waals surface area contributed by atoms with E-state index < -0.39 is 29.2 Å². The largest absolute Gasteiger partial charge is 0.422 e. The second-order valence-corrected chi connectivity index (χ2v) is 13.2. The van der Waals surface area contributed by atoms with Gasteiger partial charge < -0.3 is 9.47 Å². The van der Waals surface area contributed by atoms with Crippen LogP contribution >= 0.6 is 0 Å². The van der Waals surface area contributed by atoms with Crippen molar-refractivity contribution in [1.29, 1.82) is 0 Å². The van der Waals surface area contributed by atoms with E-state index in [1.54, 1.807) is 48.5 Å². The van der Waals surface area contributed by atoms with Crippen LogP contribution in [-0.2, 0) is 9.59 Å². The van der Waals surface area contributed by atoms with Gasteiger partial charge in [-0.25, -0.2) is 20.4 Å². The lowest BCUT2D eigenvalue weighted by Gasteiger charge is -2.36. The molecule has 0 saturated heterocycles. The Bertz CT molecular complexity index is 2330. The molecule has 0 aromatic heterocycles. The smallest absolute Gasteiger partial charge is 0.343 e. The molecular weight excluding hydrogens is 681 g/mol. The van der Waals surface area contributed by atoms with Crippen molar-refractivity contribution in [1.82, 2.24) is 10.9 Å². The molecule has 6 aromatic carbocycles. The van der Waals surface area contributed by atoms with Gasteiger partial charge in [-0.2, -0.15) is 10.2 Å². The Hall–Kier alpha value is -6.94. The number of hydrogen-bond donors (Lipinski definition) is 2. The second-order valence-electron chi connectivity index (χ2n) is 13.2. The number of aryl methyl sites for hydroxylation is 2. The fraction of sp³-hybridized carbons (Fsp3) is 0.136. The monoisotopic (exact) mass is 716 g/mol. The number of benzene rings is 6. The zero-order valence-corrected chi connectivity index (χ0v) is 29.7. The molecule has 1 saturated carbocycles. The zero-order valence-electron chi connectivity index (χ0n) is 29.7. The molecule has 0 radical (unpaired) electrons. The standard InChI is InChI=1S/C44H36N4O6/c1-28-10-7-14-32(24-28)40(49)53-38-20-18-30-12-3-5-16-34(30)36(38)26-45-47-42(51)44(22-9-23-44)43(52)48-46-27-37-35-17-6-4-13-31(35)19-21-39(37)54-41(50)33-15-8-11-29(2)25-33/h3-8,10-21,24-27H,9,22-23H2,1-2H3,(H,47,51)(H,48,52)/b45-26+,46-27+. The molecule has 2 N–H and O–H groups in total. The van der Waals surface area contributed by atoms with E-state index >= 15 is 0 Å². The molecule has 0 bridgehead atoms. The summed E-state index contributed by atoms with van der Waals surface area (Å²) in [6.45, 7) is 3.78. The number of hydrazone groups is 2. The predicted octanol–water partition coefficient (Wildman–Crippen LogP) is 7.82. The average Bonchev–Trinajstić information content (AvgIpc) is 3.15. The highest BCUT2D eigenvalue weighted by Crippen LogP contribution is 2.41. The average molecular weight is 717 g/mol. The molecule has 0 aliphatic heterocycles. The van der Waals surface area contributed by atoms with E-state index in [9.17, 15) is 19.2 Å². The number of ether oxygens (including phenoxy) is 2. The number of hydrogen-bond acceptors (Lipinski definition) is 8. The zero-order chi connectivity index (χ0) is 37.7. The highest BCUT2D eigenvalue weighted by atomic mass is 16.5. The van der Waals surface area contributed by atoms with Crippen molar-refractivity contribution < 1.29 is 28.7 Å². The number of esters is 2. The van der Waals surface area contributed by atoms with Gasteiger partial charge in [-0.05, 0) is 84.6 Å². The van der Waals surface area contributed by atoms with Crippen molar-refractivity contribution in [2.75, 3.05) is 0 Å². The van der Waals surface area contributed by atoms with Gasteiger partial charge in [-0.1, -0.05) is 102 Å². The molecule has 0 unspecified atom stereocenters. The Kier molecular flexibility index (Phi) is 10.1. The molecule has 1 fully saturated rings. The lowest BCUT2D eigenvalue weighted by Crippen LogP contribution is -2.53. The SMILES string of the molecule is Cc1cccc(C(=O)Oc2ccc3ccccc3c2/C=N/NC(=O)C2(C(=O)N/N=C/c3c(OC(=O)c4cccc(C)c4)ccc4ccccc34)CCC2)c1. The van der Waals surface area contributed by atoms with Gasteiger partial charge in [0, 0.05) is 11.1 Å². The van der Waals surface area contributed by atoms with E-state index in [1.165, 1.54) is 12.4 Å². The maximum Gasteiger partial charge on any atom is 0.343 e. The fourth-order valence-corrected chi connectivity index (χ4v) is 6.47. The van der Waals surface area contributed by atoms with Crippen molar-refractivity contribution in [3.8, 4) is 11.5 Å². The van der Waals surface area contributed by atoms with Crippen molar-refractivity contribution in [2.24, 2.45) is 15.6 Å². The van der Waals surface area contributed by atoms with Crippen LogP contribution in [0.2, 0.25) is 0 Å². The van der Waals surface area contributed by atoms with Crippen LogP contribution in [0.1, 0.15) is 62.2 Å². The first-order chi connectivity index (χ1) is 26.2. The van der Waals surface area contributed by atoms with Gasteiger partial charge in [-0.15, -0.1) is 0 Å². The Morgan fingerprint density at radius 1 is 0.574 bits per heavy atom. The molecule has 2 amide bonds. The lowest BCUT2D eigenvalue weighted by atomic mass is 9.67. The minimum atomic E-state index is -1.40. The highest BCUT2D eigenvalue weighted by Gasteiger charge is 2.51. The Morgan fingerprint density at radius 3 is 1.43 bits per heavy atom. The van der Waals surface area contributed by atoms with Crippen LogP contribution < -0.4 is 20.3 Å². The molecule has 0 atom stereocenters. The number of nitrogens with one attached hydrogen (secondary N) is 2. The van der Waals surface area contributed by atoms with Crippen molar-refractivity contribution in [3.63, 3.8) is 0 Å². The first kappa shape index (κ1) is 35.5. The van der Waals surface area contributed by atoms with Gasteiger partial charge in [0.25, 0.3) is 11.8 Å². The van der Waals surface area contributed by atoms with Crippen LogP contribution in [0.4, 0.5) is 0 Å². The third-order valence-electron chi connectivity index (χ3n) is 9.57. The summed E-state index contributed by atoms with van der Waals surface area (Å²) in [5, 5.41) is 11.7. The number of carbonyl (C=O) groups is 4. The highest BCUT2D eigenvalue weighted by molar-refractivity contribution is 6.08. The molecule has 1 aliphatic rings. The summed E-state index contributed by atoms with van der Waals surface area (Å²) >= 11 is 0. The van der Waals surface area contributed by atoms with E-state index in [-0.39, 0.29) is 11.5 Å². The van der Waals surface area contributed by atoms with Crippen molar-refractivity contribution >= 4 is 57.7 Å². The Morgan fingerprint density at radius 2 is 1.02 bits per heavy atom. The van der Waals surface area contributed by atoms with E-state index in [4.69, 9.17) is 9.47 Å². The molecule has 7 rings (SSSR count). The van der Waals surface area contributed by atoms with Gasteiger partial charge >= 0.3 is 11.9 Å². The van der Waals surface area contributed by atoms with Crippen LogP contribution in [0.3, 0.4) is 0 Å². The minimum Gasteiger partial charge on any atom is -0.422 e. The summed E-state index contributed by atoms with van der Waals surface area (Å²) in [5.74, 6) is -1.71. The number of carbonyl (C=O) groups excluding carboxylic acids is 4. The van der Waals surface area contributed by atoms with E-state index in [0.717, 1.165) is 32.7 Å². The van der Waals surface area contributed by atoms with Crippen LogP contribution in [0, 0.1) is 19.3 Å². The number of amides is 2. The molecule has 10 nitrogen and oxygen atoms in total. The maximum absolute atomic E-state index is 13.6. The summed E-state index contributed by atoms with van der Waals surface area (Å²) in [7, 11) is 0. The summed E-state index contributed by atoms with van der Waals surface area (Å²) in [6, 6.07) is 36.3. The molecule has 6 aromatic rings. The second kappa shape index (κ2) is 15.3. The number of rotatable bonds is 10. The molecule has 268 valence electrons. The summed E-state index contributed by atoms with van der Waals surface area (Å²) in [6.07, 6.45) is 4.11. The molecule has 1 aliphatic carbocycles. The third kappa shape index (κ3) is 7.35. The first-order valence-electron chi connectivity index (χ1n) is 17.5. The van der Waals surface area contributed by atoms with Crippen molar-refractivity contribution in [2.45, 2.75) is 33.1 Å². The minimum absolute atomic E-state index is 0.265. The van der Waals surface area contributed by atoms with Crippen LogP contribution in [-0.4, -0.2) is 36.2 Å². The first-order valence-corrected chi connectivity index (χ1v) is 17.5. The Balaban J connectivity index is 1.08. The van der Waals surface area contributed by atoms with Gasteiger partial charge in [0.2, 0.25) is 0 Å². The molecule has 54 heavy (non-hydrogen) atoms. The third-order valence-corrected chi connectivity index (χ3v) is 9.57. The number of nitrogens with zero attached hydrogens (tertiary/aromatic N) is 2. The molecule has 0 heterocycles. The summed E-state index contributed by atoms with van der Waals surface area (Å²) < 4.78 is 11.6. The Labute approximate surface area is 311 Å². The molecular formula is C44H36N4O6. The van der Waals surface area contributed by atoms with Crippen molar-refractivity contribution in [3.05, 3.63) is 155 Å². The van der Waals surface area contributed by atoms with Crippen LogP contribution in [0.15, 0.2) is 132 Å². The van der Waals surface area contributed by atoms with Gasteiger partial charge in [0.1, 0.15) is 16.9 Å². The van der Waals surface area contributed by atoms with Gasteiger partial charge in [0.05, 0.1) is 23.6 Å². The van der Waals surface area contributed by atoms with Gasteiger partial charge in [-0.3, -0.25) is 9.59 Å². The van der Waals surface area contributed by atoms with Crippen LogP contribution in [0.5, 0.6) is 11.5 Å². The van der Waals surface area contributed by atoms with E-state index in [1.807, 2.05) is 86.6 Å².